The summed E-state index contributed by atoms with van der Waals surface area (Å²) in [7, 11) is 0. The van der Waals surface area contributed by atoms with Gasteiger partial charge >= 0.3 is 11.9 Å². The molecule has 0 saturated heterocycles. The van der Waals surface area contributed by atoms with Crippen molar-refractivity contribution in [2.75, 3.05) is 13.2 Å². The van der Waals surface area contributed by atoms with E-state index in [0.29, 0.717) is 5.57 Å². The number of carbonyl (C=O) groups excluding carboxylic acids is 2. The van der Waals surface area contributed by atoms with Gasteiger partial charge in [-0.3, -0.25) is 4.79 Å². The molecule has 4 nitrogen and oxygen atoms in total. The summed E-state index contributed by atoms with van der Waals surface area (Å²) in [5.74, 6) is -1.38. The molecule has 0 radical (unpaired) electrons. The molecule has 4 heteroatoms. The first-order valence-corrected chi connectivity index (χ1v) is 7.68. The molecule has 0 unspecified atom stereocenters. The van der Waals surface area contributed by atoms with Crippen molar-refractivity contribution in [3.8, 4) is 0 Å². The standard InChI is InChI=1S/C20H20O4/c1-15(2)19(21)23-13-14-24-20(22)18(16-9-5-3-6-10-16)17-11-7-4-8-12-17/h3-12,18H,1,13-14H2,2H3. The van der Waals surface area contributed by atoms with Gasteiger partial charge in [0.05, 0.1) is 0 Å². The van der Waals surface area contributed by atoms with Crippen LogP contribution >= 0.6 is 0 Å². The fraction of sp³-hybridized carbons (Fsp3) is 0.200. The SMILES string of the molecule is C=C(C)C(=O)OCCOC(=O)C(c1ccccc1)c1ccccc1. The van der Waals surface area contributed by atoms with Crippen LogP contribution < -0.4 is 0 Å². The summed E-state index contributed by atoms with van der Waals surface area (Å²) in [5, 5.41) is 0. The molecule has 0 saturated carbocycles. The minimum absolute atomic E-state index is 0.00767. The number of benzene rings is 2. The maximum absolute atomic E-state index is 12.5. The Morgan fingerprint density at radius 1 is 0.875 bits per heavy atom. The van der Waals surface area contributed by atoms with Crippen molar-refractivity contribution in [2.24, 2.45) is 0 Å². The monoisotopic (exact) mass is 324 g/mol. The molecule has 24 heavy (non-hydrogen) atoms. The maximum Gasteiger partial charge on any atom is 0.333 e. The van der Waals surface area contributed by atoms with Crippen molar-refractivity contribution in [3.63, 3.8) is 0 Å². The Morgan fingerprint density at radius 2 is 1.33 bits per heavy atom. The molecule has 0 atom stereocenters. The minimum atomic E-state index is -0.510. The molecule has 0 fully saturated rings. The summed E-state index contributed by atoms with van der Waals surface area (Å²) in [6.45, 7) is 5.07. The fourth-order valence-corrected chi connectivity index (χ4v) is 2.24. The largest absolute Gasteiger partial charge is 0.461 e. The van der Waals surface area contributed by atoms with Crippen molar-refractivity contribution < 1.29 is 19.1 Å². The Labute approximate surface area is 141 Å². The Hall–Kier alpha value is -2.88. The third kappa shape index (κ3) is 4.81. The third-order valence-electron chi connectivity index (χ3n) is 3.41. The summed E-state index contributed by atoms with van der Waals surface area (Å²) < 4.78 is 10.2. The molecule has 0 amide bonds. The van der Waals surface area contributed by atoms with Crippen molar-refractivity contribution in [3.05, 3.63) is 83.9 Å². The topological polar surface area (TPSA) is 52.6 Å². The molecule has 2 rings (SSSR count). The smallest absolute Gasteiger partial charge is 0.333 e. The maximum atomic E-state index is 12.5. The van der Waals surface area contributed by atoms with Crippen LogP contribution in [0.25, 0.3) is 0 Å². The normalized spacial score (nSPS) is 10.2. The van der Waals surface area contributed by atoms with Crippen molar-refractivity contribution in [2.45, 2.75) is 12.8 Å². The molecule has 124 valence electrons. The summed E-state index contributed by atoms with van der Waals surface area (Å²) in [6.07, 6.45) is 0. The first kappa shape index (κ1) is 17.5. The van der Waals surface area contributed by atoms with Gasteiger partial charge in [-0.15, -0.1) is 0 Å². The van der Waals surface area contributed by atoms with Gasteiger partial charge in [0.2, 0.25) is 0 Å². The van der Waals surface area contributed by atoms with Crippen molar-refractivity contribution in [1.29, 1.82) is 0 Å². The van der Waals surface area contributed by atoms with E-state index in [4.69, 9.17) is 9.47 Å². The van der Waals surface area contributed by atoms with Gasteiger partial charge in [-0.05, 0) is 18.1 Å². The number of esters is 2. The quantitative estimate of drug-likeness (QED) is 0.444. The predicted octanol–water partition coefficient (Wildman–Crippen LogP) is 3.48. The lowest BCUT2D eigenvalue weighted by molar-refractivity contribution is -0.150. The Morgan fingerprint density at radius 3 is 1.79 bits per heavy atom. The average molecular weight is 324 g/mol. The lowest BCUT2D eigenvalue weighted by Gasteiger charge is -2.17. The lowest BCUT2D eigenvalue weighted by Crippen LogP contribution is -2.20. The van der Waals surface area contributed by atoms with Gasteiger partial charge in [0.1, 0.15) is 19.1 Å². The van der Waals surface area contributed by atoms with Crippen LogP contribution in [0.15, 0.2) is 72.8 Å². The van der Waals surface area contributed by atoms with E-state index < -0.39 is 11.9 Å². The van der Waals surface area contributed by atoms with Gasteiger partial charge < -0.3 is 9.47 Å². The number of rotatable bonds is 7. The van der Waals surface area contributed by atoms with E-state index in [1.165, 1.54) is 0 Å². The lowest BCUT2D eigenvalue weighted by atomic mass is 9.91. The van der Waals surface area contributed by atoms with E-state index in [-0.39, 0.29) is 19.2 Å². The van der Waals surface area contributed by atoms with Crippen LogP contribution in [0.2, 0.25) is 0 Å². The highest BCUT2D eigenvalue weighted by Crippen LogP contribution is 2.25. The molecule has 0 N–H and O–H groups in total. The molecular weight excluding hydrogens is 304 g/mol. The molecule has 2 aromatic rings. The van der Waals surface area contributed by atoms with E-state index in [1.54, 1.807) is 6.92 Å². The first-order valence-electron chi connectivity index (χ1n) is 7.68. The summed E-state index contributed by atoms with van der Waals surface area (Å²) in [5.41, 5.74) is 2.02. The number of hydrogen-bond donors (Lipinski definition) is 0. The fourth-order valence-electron chi connectivity index (χ4n) is 2.24. The molecule has 0 spiro atoms. The number of hydrogen-bond acceptors (Lipinski definition) is 4. The van der Waals surface area contributed by atoms with Crippen LogP contribution in [0.5, 0.6) is 0 Å². The highest BCUT2D eigenvalue weighted by atomic mass is 16.6. The molecule has 2 aromatic carbocycles. The Bertz CT molecular complexity index is 653. The van der Waals surface area contributed by atoms with Crippen LogP contribution in [0, 0.1) is 0 Å². The second kappa shape index (κ2) is 8.67. The first-order chi connectivity index (χ1) is 11.6. The van der Waals surface area contributed by atoms with E-state index >= 15 is 0 Å². The average Bonchev–Trinajstić information content (AvgIpc) is 2.60. The third-order valence-corrected chi connectivity index (χ3v) is 3.41. The number of ether oxygens (including phenoxy) is 2. The van der Waals surface area contributed by atoms with Gasteiger partial charge in [-0.25, -0.2) is 4.79 Å². The van der Waals surface area contributed by atoms with Gasteiger partial charge in [-0.1, -0.05) is 67.2 Å². The summed E-state index contributed by atoms with van der Waals surface area (Å²) in [4.78, 5) is 23.8. The summed E-state index contributed by atoms with van der Waals surface area (Å²) in [6, 6.07) is 18.9. The zero-order valence-electron chi connectivity index (χ0n) is 13.6. The zero-order valence-corrected chi connectivity index (χ0v) is 13.6. The molecule has 0 aliphatic heterocycles. The minimum Gasteiger partial charge on any atom is -0.461 e. The van der Waals surface area contributed by atoms with E-state index in [2.05, 4.69) is 6.58 Å². The molecule has 0 aromatic heterocycles. The van der Waals surface area contributed by atoms with Crippen LogP contribution in [0.3, 0.4) is 0 Å². The van der Waals surface area contributed by atoms with E-state index in [9.17, 15) is 9.59 Å². The molecular formula is C20H20O4. The highest BCUT2D eigenvalue weighted by molar-refractivity contribution is 5.87. The zero-order chi connectivity index (χ0) is 17.4. The van der Waals surface area contributed by atoms with Gasteiger partial charge in [0, 0.05) is 5.57 Å². The van der Waals surface area contributed by atoms with Crippen molar-refractivity contribution in [1.82, 2.24) is 0 Å². The summed E-state index contributed by atoms with van der Waals surface area (Å²) >= 11 is 0. The second-order valence-corrected chi connectivity index (χ2v) is 5.34. The van der Waals surface area contributed by atoms with Crippen LogP contribution in [0.1, 0.15) is 24.0 Å². The highest BCUT2D eigenvalue weighted by Gasteiger charge is 2.24. The van der Waals surface area contributed by atoms with E-state index in [0.717, 1.165) is 11.1 Å². The predicted molar refractivity (Wildman–Crippen MR) is 91.5 cm³/mol. The van der Waals surface area contributed by atoms with Gasteiger partial charge in [-0.2, -0.15) is 0 Å². The van der Waals surface area contributed by atoms with Crippen LogP contribution in [-0.2, 0) is 19.1 Å². The molecule has 0 bridgehead atoms. The number of carbonyl (C=O) groups is 2. The van der Waals surface area contributed by atoms with Crippen molar-refractivity contribution >= 4 is 11.9 Å². The van der Waals surface area contributed by atoms with Crippen LogP contribution in [-0.4, -0.2) is 25.2 Å². The Balaban J connectivity index is 2.04. The Kier molecular flexibility index (Phi) is 6.32. The van der Waals surface area contributed by atoms with Crippen LogP contribution in [0.4, 0.5) is 0 Å². The van der Waals surface area contributed by atoms with Gasteiger partial charge in [0.15, 0.2) is 0 Å². The second-order valence-electron chi connectivity index (χ2n) is 5.34. The molecule has 0 aliphatic rings. The molecule has 0 aliphatic carbocycles. The molecule has 0 heterocycles. The van der Waals surface area contributed by atoms with E-state index in [1.807, 2.05) is 60.7 Å². The van der Waals surface area contributed by atoms with Gasteiger partial charge in [0.25, 0.3) is 0 Å².